The number of hydrogen-bond donors (Lipinski definition) is 0. The molecule has 3 nitrogen and oxygen atoms in total. The molecule has 1 aromatic carbocycles. The van der Waals surface area contributed by atoms with Crippen molar-refractivity contribution in [2.45, 2.75) is 13.3 Å². The molecule has 0 unspecified atom stereocenters. The molecule has 0 aliphatic rings. The van der Waals surface area contributed by atoms with Gasteiger partial charge in [0.15, 0.2) is 5.82 Å². The van der Waals surface area contributed by atoms with Crippen molar-refractivity contribution in [3.8, 4) is 16.8 Å². The Morgan fingerprint density at radius 3 is 2.95 bits per heavy atom. The van der Waals surface area contributed by atoms with E-state index < -0.39 is 0 Å². The zero-order valence-electron chi connectivity index (χ0n) is 10.8. The highest BCUT2D eigenvalue weighted by atomic mass is 32.1. The Labute approximate surface area is 115 Å². The summed E-state index contributed by atoms with van der Waals surface area (Å²) in [5.74, 6) is 0.983. The molecule has 0 N–H and O–H groups in total. The fourth-order valence-corrected chi connectivity index (χ4v) is 3.30. The highest BCUT2D eigenvalue weighted by Gasteiger charge is 2.14. The molecule has 0 spiro atoms. The number of aromatic nitrogens is 2. The highest BCUT2D eigenvalue weighted by Crippen LogP contribution is 2.31. The van der Waals surface area contributed by atoms with Gasteiger partial charge in [-0.25, -0.2) is 4.98 Å². The van der Waals surface area contributed by atoms with Gasteiger partial charge in [-0.1, -0.05) is 6.92 Å². The molecule has 0 saturated heterocycles. The summed E-state index contributed by atoms with van der Waals surface area (Å²) >= 11 is 1.72. The Hall–Kier alpha value is -2.12. The van der Waals surface area contributed by atoms with Gasteiger partial charge in [0.05, 0.1) is 27.5 Å². The fraction of sp³-hybridized carbons (Fsp3) is 0.200. The third-order valence-electron chi connectivity index (χ3n) is 3.34. The van der Waals surface area contributed by atoms with Crippen molar-refractivity contribution in [1.82, 2.24) is 9.55 Å². The number of nitrogens with zero attached hydrogens (tertiary/aromatic N) is 3. The van der Waals surface area contributed by atoms with E-state index in [0.29, 0.717) is 5.56 Å². The standard InChI is InChI=1S/C15H13N3S/c1-3-11-6-7-19-14(11)15-17-12-8-10(9-16)4-5-13(12)18(15)2/h4-8H,3H2,1-2H3. The van der Waals surface area contributed by atoms with E-state index in [4.69, 9.17) is 10.2 Å². The third kappa shape index (κ3) is 1.83. The van der Waals surface area contributed by atoms with Crippen LogP contribution in [0, 0.1) is 11.3 Å². The van der Waals surface area contributed by atoms with Gasteiger partial charge in [-0.3, -0.25) is 0 Å². The number of rotatable bonds is 2. The molecule has 94 valence electrons. The molecule has 19 heavy (non-hydrogen) atoms. The highest BCUT2D eigenvalue weighted by molar-refractivity contribution is 7.13. The van der Waals surface area contributed by atoms with Crippen LogP contribution in [0.3, 0.4) is 0 Å². The normalized spacial score (nSPS) is 10.8. The maximum Gasteiger partial charge on any atom is 0.151 e. The third-order valence-corrected chi connectivity index (χ3v) is 4.29. The van der Waals surface area contributed by atoms with Gasteiger partial charge in [-0.2, -0.15) is 5.26 Å². The minimum atomic E-state index is 0.652. The molecule has 2 heterocycles. The predicted molar refractivity (Wildman–Crippen MR) is 78.1 cm³/mol. The van der Waals surface area contributed by atoms with Crippen LogP contribution in [0.5, 0.6) is 0 Å². The topological polar surface area (TPSA) is 41.6 Å². The van der Waals surface area contributed by atoms with Crippen LogP contribution in [-0.2, 0) is 13.5 Å². The quantitative estimate of drug-likeness (QED) is 0.709. The molecule has 3 rings (SSSR count). The first-order chi connectivity index (χ1) is 9.24. The minimum Gasteiger partial charge on any atom is -0.326 e. The molecule has 2 aromatic heterocycles. The van der Waals surface area contributed by atoms with Crippen LogP contribution in [0.4, 0.5) is 0 Å². The van der Waals surface area contributed by atoms with Crippen molar-refractivity contribution in [3.63, 3.8) is 0 Å². The van der Waals surface area contributed by atoms with E-state index in [-0.39, 0.29) is 0 Å². The zero-order valence-corrected chi connectivity index (χ0v) is 11.7. The van der Waals surface area contributed by atoms with E-state index in [1.807, 2.05) is 25.2 Å². The van der Waals surface area contributed by atoms with Crippen LogP contribution < -0.4 is 0 Å². The summed E-state index contributed by atoms with van der Waals surface area (Å²) in [6.07, 6.45) is 1.01. The van der Waals surface area contributed by atoms with Gasteiger partial charge in [0.1, 0.15) is 0 Å². The Kier molecular flexibility index (Phi) is 2.84. The van der Waals surface area contributed by atoms with Gasteiger partial charge in [0.25, 0.3) is 0 Å². The molecule has 0 saturated carbocycles. The number of nitriles is 1. The van der Waals surface area contributed by atoms with Gasteiger partial charge in [0.2, 0.25) is 0 Å². The second-order valence-electron chi connectivity index (χ2n) is 4.44. The summed E-state index contributed by atoms with van der Waals surface area (Å²) in [4.78, 5) is 5.92. The summed E-state index contributed by atoms with van der Waals surface area (Å²) in [5.41, 5.74) is 3.92. The molecule has 4 heteroatoms. The lowest BCUT2D eigenvalue weighted by Crippen LogP contribution is -1.92. The van der Waals surface area contributed by atoms with Crippen molar-refractivity contribution < 1.29 is 0 Å². The molecule has 0 bridgehead atoms. The van der Waals surface area contributed by atoms with Gasteiger partial charge in [-0.05, 0) is 41.6 Å². The molecule has 0 fully saturated rings. The van der Waals surface area contributed by atoms with Crippen LogP contribution in [0.15, 0.2) is 29.6 Å². The second-order valence-corrected chi connectivity index (χ2v) is 5.35. The first kappa shape index (κ1) is 11.9. The van der Waals surface area contributed by atoms with Crippen molar-refractivity contribution in [1.29, 1.82) is 5.26 Å². The average Bonchev–Trinajstić information content (AvgIpc) is 3.02. The minimum absolute atomic E-state index is 0.652. The number of benzene rings is 1. The lowest BCUT2D eigenvalue weighted by molar-refractivity contribution is 0.958. The number of hydrogen-bond acceptors (Lipinski definition) is 3. The van der Waals surface area contributed by atoms with Crippen LogP contribution in [0.2, 0.25) is 0 Å². The van der Waals surface area contributed by atoms with Gasteiger partial charge < -0.3 is 4.57 Å². The molecule has 3 aromatic rings. The molecular formula is C15H13N3S. The molecule has 0 amide bonds. The number of fused-ring (bicyclic) bond motifs is 1. The summed E-state index contributed by atoms with van der Waals surface area (Å²) in [5, 5.41) is 11.1. The number of imidazole rings is 1. The van der Waals surface area contributed by atoms with Crippen LogP contribution in [-0.4, -0.2) is 9.55 Å². The first-order valence-electron chi connectivity index (χ1n) is 6.18. The molecule has 0 aliphatic carbocycles. The summed E-state index contributed by atoms with van der Waals surface area (Å²) in [7, 11) is 2.02. The molecular weight excluding hydrogens is 254 g/mol. The van der Waals surface area contributed by atoms with Crippen molar-refractivity contribution >= 4 is 22.4 Å². The maximum absolute atomic E-state index is 8.96. The summed E-state index contributed by atoms with van der Waals surface area (Å²) in [6, 6.07) is 9.95. The summed E-state index contributed by atoms with van der Waals surface area (Å²) in [6.45, 7) is 2.15. The Morgan fingerprint density at radius 2 is 2.21 bits per heavy atom. The lowest BCUT2D eigenvalue weighted by Gasteiger charge is -2.02. The van der Waals surface area contributed by atoms with E-state index in [0.717, 1.165) is 23.3 Å². The van der Waals surface area contributed by atoms with E-state index in [1.54, 1.807) is 11.3 Å². The largest absolute Gasteiger partial charge is 0.326 e. The SMILES string of the molecule is CCc1ccsc1-c1nc2cc(C#N)ccc2n1C. The van der Waals surface area contributed by atoms with E-state index in [1.165, 1.54) is 10.4 Å². The first-order valence-corrected chi connectivity index (χ1v) is 7.06. The van der Waals surface area contributed by atoms with Crippen LogP contribution in [0.1, 0.15) is 18.1 Å². The fourth-order valence-electron chi connectivity index (χ4n) is 2.28. The zero-order chi connectivity index (χ0) is 13.4. The van der Waals surface area contributed by atoms with E-state index in [2.05, 4.69) is 29.0 Å². The van der Waals surface area contributed by atoms with Crippen LogP contribution >= 0.6 is 11.3 Å². The average molecular weight is 267 g/mol. The van der Waals surface area contributed by atoms with Gasteiger partial charge >= 0.3 is 0 Å². The monoisotopic (exact) mass is 267 g/mol. The smallest absolute Gasteiger partial charge is 0.151 e. The molecule has 0 atom stereocenters. The number of aryl methyl sites for hydroxylation is 2. The second kappa shape index (κ2) is 4.52. The van der Waals surface area contributed by atoms with Crippen molar-refractivity contribution in [2.24, 2.45) is 7.05 Å². The van der Waals surface area contributed by atoms with Gasteiger partial charge in [-0.15, -0.1) is 11.3 Å². The Balaban J connectivity index is 2.26. The van der Waals surface area contributed by atoms with E-state index >= 15 is 0 Å². The van der Waals surface area contributed by atoms with Gasteiger partial charge in [0, 0.05) is 7.05 Å². The van der Waals surface area contributed by atoms with Crippen molar-refractivity contribution in [3.05, 3.63) is 40.8 Å². The summed E-state index contributed by atoms with van der Waals surface area (Å²) < 4.78 is 2.10. The van der Waals surface area contributed by atoms with Crippen molar-refractivity contribution in [2.75, 3.05) is 0 Å². The maximum atomic E-state index is 8.96. The Bertz CT molecular complexity index is 789. The van der Waals surface area contributed by atoms with Crippen LogP contribution in [0.25, 0.3) is 21.7 Å². The number of thiophene rings is 1. The molecule has 0 radical (unpaired) electrons. The van der Waals surface area contributed by atoms with E-state index in [9.17, 15) is 0 Å². The predicted octanol–water partition coefficient (Wildman–Crippen LogP) is 3.74. The molecule has 0 aliphatic heterocycles. The Morgan fingerprint density at radius 1 is 1.37 bits per heavy atom. The lowest BCUT2D eigenvalue weighted by atomic mass is 10.2.